The van der Waals surface area contributed by atoms with Crippen LogP contribution in [0.5, 0.6) is 17.2 Å². The van der Waals surface area contributed by atoms with E-state index in [4.69, 9.17) is 18.9 Å². The number of imide groups is 1. The monoisotopic (exact) mass is 510 g/mol. The van der Waals surface area contributed by atoms with E-state index in [1.54, 1.807) is 56.5 Å². The molecule has 2 aliphatic rings. The fraction of sp³-hybridized carbons (Fsp3) is 0.464. The van der Waals surface area contributed by atoms with Crippen LogP contribution in [0.3, 0.4) is 0 Å². The number of anilines is 1. The summed E-state index contributed by atoms with van der Waals surface area (Å²) in [6, 6.07) is 11.4. The lowest BCUT2D eigenvalue weighted by molar-refractivity contribution is -0.155. The Morgan fingerprint density at radius 2 is 1.65 bits per heavy atom. The zero-order chi connectivity index (χ0) is 26.7. The van der Waals surface area contributed by atoms with Gasteiger partial charge in [-0.05, 0) is 50.6 Å². The highest BCUT2D eigenvalue weighted by molar-refractivity contribution is 6.24. The number of esters is 1. The van der Waals surface area contributed by atoms with Gasteiger partial charge in [0.15, 0.2) is 0 Å². The molecule has 9 nitrogen and oxygen atoms in total. The molecule has 4 atom stereocenters. The van der Waals surface area contributed by atoms with Gasteiger partial charge in [0.05, 0.1) is 45.0 Å². The molecule has 2 amide bonds. The maximum Gasteiger partial charge on any atom is 0.327 e. The molecular formula is C28H34N2O7. The predicted octanol–water partition coefficient (Wildman–Crippen LogP) is 3.65. The van der Waals surface area contributed by atoms with Crippen molar-refractivity contribution in [3.63, 3.8) is 0 Å². The maximum absolute atomic E-state index is 14.0. The first-order chi connectivity index (χ1) is 17.9. The predicted molar refractivity (Wildman–Crippen MR) is 137 cm³/mol. The van der Waals surface area contributed by atoms with Gasteiger partial charge in [-0.2, -0.15) is 0 Å². The van der Waals surface area contributed by atoms with Gasteiger partial charge in [0.25, 0.3) is 0 Å². The summed E-state index contributed by atoms with van der Waals surface area (Å²) in [5, 5.41) is 3.40. The highest BCUT2D eigenvalue weighted by Crippen LogP contribution is 2.53. The van der Waals surface area contributed by atoms with Gasteiger partial charge in [0.2, 0.25) is 11.8 Å². The Morgan fingerprint density at radius 1 is 0.946 bits per heavy atom. The quantitative estimate of drug-likeness (QED) is 0.382. The van der Waals surface area contributed by atoms with Crippen molar-refractivity contribution in [1.82, 2.24) is 5.32 Å². The van der Waals surface area contributed by atoms with Gasteiger partial charge in [-0.1, -0.05) is 19.4 Å². The lowest BCUT2D eigenvalue weighted by Gasteiger charge is -2.32. The highest BCUT2D eigenvalue weighted by atomic mass is 16.5. The largest absolute Gasteiger partial charge is 0.497 e. The number of hydrogen-bond donors (Lipinski definition) is 1. The first-order valence-electron chi connectivity index (χ1n) is 12.6. The molecule has 2 aromatic rings. The second-order valence-electron chi connectivity index (χ2n) is 9.11. The first-order valence-corrected chi connectivity index (χ1v) is 12.6. The maximum atomic E-state index is 14.0. The van der Waals surface area contributed by atoms with E-state index < -0.39 is 35.3 Å². The van der Waals surface area contributed by atoms with E-state index in [1.165, 1.54) is 12.0 Å². The normalized spacial score (nSPS) is 24.7. The van der Waals surface area contributed by atoms with E-state index >= 15 is 0 Å². The van der Waals surface area contributed by atoms with Crippen molar-refractivity contribution >= 4 is 23.5 Å². The Balaban J connectivity index is 1.85. The van der Waals surface area contributed by atoms with Gasteiger partial charge in [-0.3, -0.25) is 19.7 Å². The minimum Gasteiger partial charge on any atom is -0.497 e. The molecule has 0 bridgehead atoms. The topological polar surface area (TPSA) is 103 Å². The Bertz CT molecular complexity index is 1170. The number of nitrogens with one attached hydrogen (secondary N) is 1. The fourth-order valence-corrected chi connectivity index (χ4v) is 5.63. The Labute approximate surface area is 217 Å². The summed E-state index contributed by atoms with van der Waals surface area (Å²) < 4.78 is 22.0. The Hall–Kier alpha value is -3.59. The molecule has 9 heteroatoms. The standard InChI is InChI=1S/C28H34N2O7/c1-6-15-28(27(33)37-8-3)23-22(24(29-28)20-14-13-19(34-4)16-21(20)35-5)25(31)30(26(23)32)17-9-11-18(12-10-17)36-7-2/h9-14,16,22-24,29H,6-8,15H2,1-5H3. The van der Waals surface area contributed by atoms with Gasteiger partial charge in [-0.25, -0.2) is 4.90 Å². The minimum atomic E-state index is -1.36. The second-order valence-corrected chi connectivity index (χ2v) is 9.11. The molecule has 2 saturated heterocycles. The molecule has 0 radical (unpaired) electrons. The van der Waals surface area contributed by atoms with Crippen LogP contribution in [-0.2, 0) is 19.1 Å². The SMILES string of the molecule is CCCC1(C(=O)OCC)NC(c2ccc(OC)cc2OC)C2C(=O)N(c3ccc(OCC)cc3)C(=O)C21. The number of rotatable bonds is 10. The van der Waals surface area contributed by atoms with Crippen molar-refractivity contribution in [2.45, 2.75) is 45.2 Å². The molecule has 4 unspecified atom stereocenters. The molecule has 37 heavy (non-hydrogen) atoms. The second kappa shape index (κ2) is 10.8. The van der Waals surface area contributed by atoms with Crippen LogP contribution in [0.4, 0.5) is 5.69 Å². The van der Waals surface area contributed by atoms with E-state index in [0.29, 0.717) is 47.9 Å². The summed E-state index contributed by atoms with van der Waals surface area (Å²) in [4.78, 5) is 42.7. The van der Waals surface area contributed by atoms with Crippen molar-refractivity contribution in [2.75, 3.05) is 32.3 Å². The van der Waals surface area contributed by atoms with Crippen molar-refractivity contribution < 1.29 is 33.3 Å². The summed E-state index contributed by atoms with van der Waals surface area (Å²) in [7, 11) is 3.09. The van der Waals surface area contributed by atoms with Gasteiger partial charge >= 0.3 is 5.97 Å². The molecule has 0 spiro atoms. The van der Waals surface area contributed by atoms with Crippen LogP contribution in [0, 0.1) is 11.8 Å². The summed E-state index contributed by atoms with van der Waals surface area (Å²) in [6.07, 6.45) is 0.935. The number of nitrogens with zero attached hydrogens (tertiary/aromatic N) is 1. The van der Waals surface area contributed by atoms with E-state index in [-0.39, 0.29) is 12.5 Å². The minimum absolute atomic E-state index is 0.157. The molecule has 2 aromatic carbocycles. The zero-order valence-corrected chi connectivity index (χ0v) is 21.9. The molecule has 2 fully saturated rings. The van der Waals surface area contributed by atoms with E-state index in [1.807, 2.05) is 13.8 Å². The molecule has 2 heterocycles. The van der Waals surface area contributed by atoms with Gasteiger partial charge in [-0.15, -0.1) is 0 Å². The summed E-state index contributed by atoms with van der Waals surface area (Å²) in [6.45, 7) is 6.20. The van der Waals surface area contributed by atoms with Crippen molar-refractivity contribution in [3.8, 4) is 17.2 Å². The summed E-state index contributed by atoms with van der Waals surface area (Å²) in [5.74, 6) is -1.40. The average molecular weight is 511 g/mol. The third kappa shape index (κ3) is 4.41. The van der Waals surface area contributed by atoms with Gasteiger partial charge in [0, 0.05) is 17.7 Å². The average Bonchev–Trinajstić information content (AvgIpc) is 3.38. The van der Waals surface area contributed by atoms with E-state index in [0.717, 1.165) is 0 Å². The number of methoxy groups -OCH3 is 2. The molecule has 2 aliphatic heterocycles. The van der Waals surface area contributed by atoms with Crippen LogP contribution in [0.2, 0.25) is 0 Å². The first kappa shape index (κ1) is 26.5. The molecule has 1 N–H and O–H groups in total. The van der Waals surface area contributed by atoms with Crippen LogP contribution >= 0.6 is 0 Å². The van der Waals surface area contributed by atoms with Crippen LogP contribution in [0.15, 0.2) is 42.5 Å². The van der Waals surface area contributed by atoms with Crippen molar-refractivity contribution in [3.05, 3.63) is 48.0 Å². The smallest absolute Gasteiger partial charge is 0.327 e. The lowest BCUT2D eigenvalue weighted by Crippen LogP contribution is -2.56. The zero-order valence-electron chi connectivity index (χ0n) is 21.9. The number of carbonyl (C=O) groups excluding carboxylic acids is 3. The van der Waals surface area contributed by atoms with Gasteiger partial charge in [0.1, 0.15) is 22.8 Å². The van der Waals surface area contributed by atoms with Crippen LogP contribution in [0.25, 0.3) is 0 Å². The number of fused-ring (bicyclic) bond motifs is 1. The van der Waals surface area contributed by atoms with Crippen molar-refractivity contribution in [1.29, 1.82) is 0 Å². The molecule has 198 valence electrons. The van der Waals surface area contributed by atoms with Crippen LogP contribution in [-0.4, -0.2) is 50.8 Å². The molecular weight excluding hydrogens is 476 g/mol. The number of benzene rings is 2. The van der Waals surface area contributed by atoms with E-state index in [2.05, 4.69) is 5.32 Å². The summed E-state index contributed by atoms with van der Waals surface area (Å²) in [5.41, 5.74) is -0.268. The number of hydrogen-bond acceptors (Lipinski definition) is 8. The van der Waals surface area contributed by atoms with Crippen molar-refractivity contribution in [2.24, 2.45) is 11.8 Å². The molecule has 0 saturated carbocycles. The number of carbonyl (C=O) groups is 3. The van der Waals surface area contributed by atoms with Crippen LogP contribution < -0.4 is 24.4 Å². The fourth-order valence-electron chi connectivity index (χ4n) is 5.63. The molecule has 4 rings (SSSR count). The van der Waals surface area contributed by atoms with E-state index in [9.17, 15) is 14.4 Å². The number of ether oxygens (including phenoxy) is 4. The molecule has 0 aromatic heterocycles. The third-order valence-corrected chi connectivity index (χ3v) is 7.12. The summed E-state index contributed by atoms with van der Waals surface area (Å²) >= 11 is 0. The third-order valence-electron chi connectivity index (χ3n) is 7.12. The Morgan fingerprint density at radius 3 is 2.24 bits per heavy atom. The lowest BCUT2D eigenvalue weighted by atomic mass is 9.77. The molecule has 0 aliphatic carbocycles. The van der Waals surface area contributed by atoms with Crippen LogP contribution in [0.1, 0.15) is 45.2 Å². The van der Waals surface area contributed by atoms with Gasteiger partial charge < -0.3 is 18.9 Å². The number of amides is 2. The highest BCUT2D eigenvalue weighted by Gasteiger charge is 2.68. The Kier molecular flexibility index (Phi) is 7.73.